The number of hydrogen-bond acceptors (Lipinski definition) is 3. The zero-order valence-electron chi connectivity index (χ0n) is 12.4. The maximum Gasteiger partial charge on any atom is 0.0801 e. The van der Waals surface area contributed by atoms with E-state index in [2.05, 4.69) is 64.7 Å². The summed E-state index contributed by atoms with van der Waals surface area (Å²) < 4.78 is 0. The Balaban J connectivity index is 2.13. The fourth-order valence-corrected chi connectivity index (χ4v) is 2.63. The van der Waals surface area contributed by atoms with E-state index in [1.54, 1.807) is 0 Å². The topological polar surface area (TPSA) is 37.8 Å². The van der Waals surface area contributed by atoms with Crippen LogP contribution in [0.1, 0.15) is 29.9 Å². The first-order valence-corrected chi connectivity index (χ1v) is 7.29. The summed E-state index contributed by atoms with van der Waals surface area (Å²) in [7, 11) is 0. The monoisotopic (exact) mass is 277 g/mol. The van der Waals surface area contributed by atoms with Gasteiger partial charge in [0, 0.05) is 6.20 Å². The van der Waals surface area contributed by atoms with Gasteiger partial charge in [-0.15, -0.1) is 0 Å². The van der Waals surface area contributed by atoms with Gasteiger partial charge >= 0.3 is 0 Å². The molecule has 0 saturated heterocycles. The lowest BCUT2D eigenvalue weighted by Gasteiger charge is -2.19. The number of rotatable bonds is 4. The molecule has 0 aliphatic carbocycles. The summed E-state index contributed by atoms with van der Waals surface area (Å²) in [6.07, 6.45) is 3.69. The van der Waals surface area contributed by atoms with Crippen LogP contribution in [0.4, 0.5) is 0 Å². The molecule has 3 heteroatoms. The average Bonchev–Trinajstić information content (AvgIpc) is 2.53. The highest BCUT2D eigenvalue weighted by Gasteiger charge is 2.17. The first-order valence-electron chi connectivity index (χ1n) is 7.29. The number of hydrogen-bond donors (Lipinski definition) is 1. The van der Waals surface area contributed by atoms with E-state index in [1.807, 2.05) is 19.3 Å². The third kappa shape index (κ3) is 2.78. The van der Waals surface area contributed by atoms with Gasteiger partial charge in [0.15, 0.2) is 0 Å². The smallest absolute Gasteiger partial charge is 0.0801 e. The second-order valence-corrected chi connectivity index (χ2v) is 5.14. The molecule has 0 fully saturated rings. The molecule has 0 saturated carbocycles. The van der Waals surface area contributed by atoms with Crippen LogP contribution >= 0.6 is 0 Å². The molecule has 3 aromatic rings. The van der Waals surface area contributed by atoms with Crippen molar-refractivity contribution in [3.63, 3.8) is 0 Å². The van der Waals surface area contributed by atoms with Crippen LogP contribution in [0.2, 0.25) is 0 Å². The predicted octanol–water partition coefficient (Wildman–Crippen LogP) is 3.64. The SMILES string of the molecule is CCNC(c1cnc(C)cn1)c1cccc2ccccc12. The van der Waals surface area contributed by atoms with Crippen LogP contribution in [-0.2, 0) is 0 Å². The largest absolute Gasteiger partial charge is 0.305 e. The van der Waals surface area contributed by atoms with Crippen LogP contribution in [0.15, 0.2) is 54.9 Å². The number of nitrogens with zero attached hydrogens (tertiary/aromatic N) is 2. The number of benzene rings is 2. The lowest BCUT2D eigenvalue weighted by Crippen LogP contribution is -2.23. The van der Waals surface area contributed by atoms with Gasteiger partial charge in [-0.3, -0.25) is 9.97 Å². The third-order valence-corrected chi connectivity index (χ3v) is 3.64. The van der Waals surface area contributed by atoms with Gasteiger partial charge in [0.1, 0.15) is 0 Å². The maximum atomic E-state index is 4.56. The molecule has 0 spiro atoms. The maximum absolute atomic E-state index is 4.56. The summed E-state index contributed by atoms with van der Waals surface area (Å²) in [4.78, 5) is 8.94. The van der Waals surface area contributed by atoms with Gasteiger partial charge in [-0.05, 0) is 29.8 Å². The lowest BCUT2D eigenvalue weighted by atomic mass is 9.97. The van der Waals surface area contributed by atoms with E-state index < -0.39 is 0 Å². The Morgan fingerprint density at radius 2 is 1.81 bits per heavy atom. The van der Waals surface area contributed by atoms with Crippen molar-refractivity contribution in [1.29, 1.82) is 0 Å². The van der Waals surface area contributed by atoms with E-state index in [1.165, 1.54) is 16.3 Å². The van der Waals surface area contributed by atoms with Crippen molar-refractivity contribution < 1.29 is 0 Å². The van der Waals surface area contributed by atoms with Crippen LogP contribution in [0.3, 0.4) is 0 Å². The quantitative estimate of drug-likeness (QED) is 0.791. The Morgan fingerprint density at radius 3 is 2.57 bits per heavy atom. The van der Waals surface area contributed by atoms with Gasteiger partial charge < -0.3 is 5.32 Å². The van der Waals surface area contributed by atoms with Crippen LogP contribution in [0, 0.1) is 6.92 Å². The zero-order chi connectivity index (χ0) is 14.7. The van der Waals surface area contributed by atoms with Gasteiger partial charge in [0.25, 0.3) is 0 Å². The van der Waals surface area contributed by atoms with Crippen molar-refractivity contribution in [2.75, 3.05) is 6.54 Å². The molecule has 1 aromatic heterocycles. The van der Waals surface area contributed by atoms with Crippen molar-refractivity contribution >= 4 is 10.8 Å². The molecule has 0 aliphatic heterocycles. The van der Waals surface area contributed by atoms with Crippen LogP contribution < -0.4 is 5.32 Å². The molecule has 2 aromatic carbocycles. The Labute approximate surface area is 125 Å². The third-order valence-electron chi connectivity index (χ3n) is 3.64. The Morgan fingerprint density at radius 1 is 1.00 bits per heavy atom. The van der Waals surface area contributed by atoms with Crippen molar-refractivity contribution in [2.24, 2.45) is 0 Å². The second kappa shape index (κ2) is 6.02. The van der Waals surface area contributed by atoms with E-state index in [0.717, 1.165) is 17.9 Å². The van der Waals surface area contributed by atoms with Crippen LogP contribution in [0.25, 0.3) is 10.8 Å². The van der Waals surface area contributed by atoms with Gasteiger partial charge in [-0.1, -0.05) is 49.4 Å². The van der Waals surface area contributed by atoms with Gasteiger partial charge in [0.05, 0.1) is 23.6 Å². The highest BCUT2D eigenvalue weighted by atomic mass is 14.9. The molecular weight excluding hydrogens is 258 g/mol. The minimum absolute atomic E-state index is 0.0641. The molecule has 1 atom stereocenters. The standard InChI is InChI=1S/C18H19N3/c1-3-19-18(17-12-20-13(2)11-21-17)16-10-6-8-14-7-4-5-9-15(14)16/h4-12,18-19H,3H2,1-2H3. The van der Waals surface area contributed by atoms with E-state index in [-0.39, 0.29) is 6.04 Å². The predicted molar refractivity (Wildman–Crippen MR) is 86.2 cm³/mol. The first-order chi connectivity index (χ1) is 10.3. The first kappa shape index (κ1) is 13.7. The van der Waals surface area contributed by atoms with Gasteiger partial charge in [-0.25, -0.2) is 0 Å². The molecule has 1 unspecified atom stereocenters. The van der Waals surface area contributed by atoms with Crippen molar-refractivity contribution in [1.82, 2.24) is 15.3 Å². The summed E-state index contributed by atoms with van der Waals surface area (Å²) in [6, 6.07) is 14.9. The summed E-state index contributed by atoms with van der Waals surface area (Å²) in [5, 5.41) is 6.03. The Bertz CT molecular complexity index is 730. The van der Waals surface area contributed by atoms with Crippen molar-refractivity contribution in [3.05, 3.63) is 71.8 Å². The number of aromatic nitrogens is 2. The minimum Gasteiger partial charge on any atom is -0.305 e. The molecular formula is C18H19N3. The summed E-state index contributed by atoms with van der Waals surface area (Å²) in [5.74, 6) is 0. The number of aryl methyl sites for hydroxylation is 1. The highest BCUT2D eigenvalue weighted by molar-refractivity contribution is 5.86. The normalized spacial score (nSPS) is 12.5. The molecule has 0 aliphatic rings. The molecule has 1 heterocycles. The zero-order valence-corrected chi connectivity index (χ0v) is 12.4. The van der Waals surface area contributed by atoms with E-state index >= 15 is 0 Å². The Hall–Kier alpha value is -2.26. The fourth-order valence-electron chi connectivity index (χ4n) is 2.63. The van der Waals surface area contributed by atoms with E-state index in [9.17, 15) is 0 Å². The highest BCUT2D eigenvalue weighted by Crippen LogP contribution is 2.27. The van der Waals surface area contributed by atoms with Crippen molar-refractivity contribution in [3.8, 4) is 0 Å². The second-order valence-electron chi connectivity index (χ2n) is 5.14. The fraction of sp³-hybridized carbons (Fsp3) is 0.222. The summed E-state index contributed by atoms with van der Waals surface area (Å²) in [5.41, 5.74) is 3.14. The van der Waals surface area contributed by atoms with Crippen molar-refractivity contribution in [2.45, 2.75) is 19.9 Å². The summed E-state index contributed by atoms with van der Waals surface area (Å²) in [6.45, 7) is 4.94. The van der Waals surface area contributed by atoms with Crippen LogP contribution in [-0.4, -0.2) is 16.5 Å². The minimum atomic E-state index is 0.0641. The Kier molecular flexibility index (Phi) is 3.93. The van der Waals surface area contributed by atoms with E-state index in [0.29, 0.717) is 0 Å². The summed E-state index contributed by atoms with van der Waals surface area (Å²) >= 11 is 0. The molecule has 21 heavy (non-hydrogen) atoms. The van der Waals surface area contributed by atoms with Gasteiger partial charge in [0.2, 0.25) is 0 Å². The average molecular weight is 277 g/mol. The molecule has 3 rings (SSSR count). The number of fused-ring (bicyclic) bond motifs is 1. The molecule has 1 N–H and O–H groups in total. The molecule has 0 radical (unpaired) electrons. The molecule has 3 nitrogen and oxygen atoms in total. The van der Waals surface area contributed by atoms with E-state index in [4.69, 9.17) is 0 Å². The molecule has 106 valence electrons. The molecule has 0 bridgehead atoms. The van der Waals surface area contributed by atoms with Gasteiger partial charge in [-0.2, -0.15) is 0 Å². The number of nitrogens with one attached hydrogen (secondary N) is 1. The lowest BCUT2D eigenvalue weighted by molar-refractivity contribution is 0.615. The molecule has 0 amide bonds. The van der Waals surface area contributed by atoms with Crippen LogP contribution in [0.5, 0.6) is 0 Å².